The summed E-state index contributed by atoms with van der Waals surface area (Å²) in [6.45, 7) is 3.62. The molecule has 90 valence electrons. The molecule has 0 amide bonds. The Kier molecular flexibility index (Phi) is 3.86. The molecular formula is C13H21NO2. The molecule has 1 spiro atoms. The van der Waals surface area contributed by atoms with Crippen molar-refractivity contribution in [3.8, 4) is 12.3 Å². The molecule has 1 unspecified atom stereocenters. The van der Waals surface area contributed by atoms with Crippen molar-refractivity contribution in [1.29, 1.82) is 0 Å². The highest BCUT2D eigenvalue weighted by molar-refractivity contribution is 5.00. The highest BCUT2D eigenvalue weighted by atomic mass is 16.7. The first-order valence-corrected chi connectivity index (χ1v) is 6.28. The Morgan fingerprint density at radius 2 is 2.00 bits per heavy atom. The third-order valence-electron chi connectivity index (χ3n) is 3.61. The Labute approximate surface area is 97.9 Å². The Balaban J connectivity index is 1.79. The molecule has 0 aromatic carbocycles. The molecule has 3 nitrogen and oxygen atoms in total. The van der Waals surface area contributed by atoms with Crippen molar-refractivity contribution >= 4 is 0 Å². The molecule has 3 heteroatoms. The first-order chi connectivity index (χ1) is 7.78. The summed E-state index contributed by atoms with van der Waals surface area (Å²) >= 11 is 0. The van der Waals surface area contributed by atoms with E-state index in [2.05, 4.69) is 18.2 Å². The van der Waals surface area contributed by atoms with E-state index in [1.807, 2.05) is 0 Å². The quantitative estimate of drug-likeness (QED) is 0.738. The smallest absolute Gasteiger partial charge is 0.168 e. The predicted molar refractivity (Wildman–Crippen MR) is 62.9 cm³/mol. The fourth-order valence-electron chi connectivity index (χ4n) is 2.58. The topological polar surface area (TPSA) is 30.5 Å². The summed E-state index contributed by atoms with van der Waals surface area (Å²) in [4.78, 5) is 0. The first kappa shape index (κ1) is 11.9. The van der Waals surface area contributed by atoms with E-state index in [-0.39, 0.29) is 11.8 Å². The molecule has 1 saturated heterocycles. The lowest BCUT2D eigenvalue weighted by atomic mass is 9.89. The lowest BCUT2D eigenvalue weighted by molar-refractivity contribution is -0.179. The number of rotatable bonds is 3. The molecule has 0 radical (unpaired) electrons. The average molecular weight is 223 g/mol. The Morgan fingerprint density at radius 3 is 2.50 bits per heavy atom. The van der Waals surface area contributed by atoms with Crippen LogP contribution in [0.3, 0.4) is 0 Å². The second kappa shape index (κ2) is 5.18. The van der Waals surface area contributed by atoms with E-state index in [9.17, 15) is 0 Å². The number of ether oxygens (including phenoxy) is 2. The van der Waals surface area contributed by atoms with E-state index in [4.69, 9.17) is 15.9 Å². The molecule has 2 aliphatic rings. The van der Waals surface area contributed by atoms with Crippen LogP contribution >= 0.6 is 0 Å². The van der Waals surface area contributed by atoms with Gasteiger partial charge in [-0.1, -0.05) is 12.8 Å². The summed E-state index contributed by atoms with van der Waals surface area (Å²) in [6.07, 6.45) is 10.6. The van der Waals surface area contributed by atoms with Gasteiger partial charge in [-0.05, 0) is 19.3 Å². The number of terminal acetylenes is 1. The zero-order chi connectivity index (χ0) is 11.4. The van der Waals surface area contributed by atoms with E-state index in [0.29, 0.717) is 6.04 Å². The van der Waals surface area contributed by atoms with Crippen molar-refractivity contribution in [3.05, 3.63) is 0 Å². The third-order valence-corrected chi connectivity index (χ3v) is 3.61. The highest BCUT2D eigenvalue weighted by Crippen LogP contribution is 2.35. The molecule has 1 atom stereocenters. The van der Waals surface area contributed by atoms with Crippen molar-refractivity contribution in [1.82, 2.24) is 5.32 Å². The first-order valence-electron chi connectivity index (χ1n) is 6.28. The van der Waals surface area contributed by atoms with Gasteiger partial charge in [0.05, 0.1) is 19.3 Å². The average Bonchev–Trinajstić information content (AvgIpc) is 2.77. The van der Waals surface area contributed by atoms with Gasteiger partial charge in [-0.25, -0.2) is 0 Å². The van der Waals surface area contributed by atoms with E-state index < -0.39 is 0 Å². The zero-order valence-electron chi connectivity index (χ0n) is 10.00. The maximum atomic E-state index is 5.70. The minimum Gasteiger partial charge on any atom is -0.348 e. The van der Waals surface area contributed by atoms with Crippen molar-refractivity contribution in [2.24, 2.45) is 0 Å². The second-order valence-corrected chi connectivity index (χ2v) is 4.68. The van der Waals surface area contributed by atoms with E-state index in [1.54, 1.807) is 0 Å². The SMILES string of the molecule is C#CC(CC)NC1CCC2(CC1)OCCO2. The van der Waals surface area contributed by atoms with Crippen LogP contribution in [0.25, 0.3) is 0 Å². The van der Waals surface area contributed by atoms with Crippen LogP contribution in [0.15, 0.2) is 0 Å². The molecule has 0 aromatic heterocycles. The van der Waals surface area contributed by atoms with Crippen molar-refractivity contribution in [3.63, 3.8) is 0 Å². The van der Waals surface area contributed by atoms with Gasteiger partial charge in [0, 0.05) is 18.9 Å². The molecule has 1 aliphatic carbocycles. The fraction of sp³-hybridized carbons (Fsp3) is 0.846. The summed E-state index contributed by atoms with van der Waals surface area (Å²) in [6, 6.07) is 0.740. The van der Waals surface area contributed by atoms with Gasteiger partial charge >= 0.3 is 0 Å². The molecule has 2 rings (SSSR count). The molecule has 16 heavy (non-hydrogen) atoms. The predicted octanol–water partition coefficient (Wildman–Crippen LogP) is 1.67. The summed E-state index contributed by atoms with van der Waals surface area (Å²) < 4.78 is 11.4. The van der Waals surface area contributed by atoms with E-state index >= 15 is 0 Å². The summed E-state index contributed by atoms with van der Waals surface area (Å²) in [5.74, 6) is 2.53. The van der Waals surface area contributed by atoms with Crippen LogP contribution < -0.4 is 5.32 Å². The van der Waals surface area contributed by atoms with Gasteiger partial charge in [-0.15, -0.1) is 6.42 Å². The van der Waals surface area contributed by atoms with Gasteiger partial charge in [-0.3, -0.25) is 0 Å². The molecular weight excluding hydrogens is 202 g/mol. The minimum atomic E-state index is -0.254. The normalized spacial score (nSPS) is 26.8. The Hall–Kier alpha value is -0.560. The van der Waals surface area contributed by atoms with E-state index in [1.165, 1.54) is 0 Å². The van der Waals surface area contributed by atoms with Gasteiger partial charge in [0.2, 0.25) is 0 Å². The van der Waals surface area contributed by atoms with Crippen molar-refractivity contribution in [2.75, 3.05) is 13.2 Å². The lowest BCUT2D eigenvalue weighted by Crippen LogP contribution is -2.45. The highest BCUT2D eigenvalue weighted by Gasteiger charge is 2.40. The second-order valence-electron chi connectivity index (χ2n) is 4.68. The molecule has 1 aliphatic heterocycles. The van der Waals surface area contributed by atoms with Gasteiger partial charge in [-0.2, -0.15) is 0 Å². The molecule has 1 N–H and O–H groups in total. The van der Waals surface area contributed by atoms with E-state index in [0.717, 1.165) is 45.3 Å². The molecule has 0 bridgehead atoms. The van der Waals surface area contributed by atoms with Gasteiger partial charge in [0.15, 0.2) is 5.79 Å². The van der Waals surface area contributed by atoms with Crippen LogP contribution in [0.2, 0.25) is 0 Å². The van der Waals surface area contributed by atoms with Gasteiger partial charge < -0.3 is 14.8 Å². The maximum absolute atomic E-state index is 5.70. The van der Waals surface area contributed by atoms with Crippen LogP contribution in [0.5, 0.6) is 0 Å². The van der Waals surface area contributed by atoms with Crippen LogP contribution in [-0.2, 0) is 9.47 Å². The lowest BCUT2D eigenvalue weighted by Gasteiger charge is -2.36. The maximum Gasteiger partial charge on any atom is 0.168 e. The monoisotopic (exact) mass is 223 g/mol. The van der Waals surface area contributed by atoms with Crippen LogP contribution in [0.4, 0.5) is 0 Å². The number of nitrogens with one attached hydrogen (secondary N) is 1. The molecule has 2 fully saturated rings. The largest absolute Gasteiger partial charge is 0.348 e. The summed E-state index contributed by atoms with van der Waals surface area (Å²) in [5.41, 5.74) is 0. The Morgan fingerprint density at radius 1 is 1.38 bits per heavy atom. The molecule has 0 aromatic rings. The van der Waals surface area contributed by atoms with Crippen LogP contribution in [-0.4, -0.2) is 31.1 Å². The summed E-state index contributed by atoms with van der Waals surface area (Å²) in [5, 5.41) is 3.51. The van der Waals surface area contributed by atoms with Gasteiger partial charge in [0.25, 0.3) is 0 Å². The molecule has 1 heterocycles. The zero-order valence-corrected chi connectivity index (χ0v) is 10.00. The number of hydrogen-bond acceptors (Lipinski definition) is 3. The standard InChI is InChI=1S/C13H21NO2/c1-3-11(4-2)14-12-5-7-13(8-6-12)15-9-10-16-13/h1,11-12,14H,4-10H2,2H3. The van der Waals surface area contributed by atoms with Crippen LogP contribution in [0.1, 0.15) is 39.0 Å². The van der Waals surface area contributed by atoms with Crippen LogP contribution in [0, 0.1) is 12.3 Å². The number of hydrogen-bond donors (Lipinski definition) is 1. The summed E-state index contributed by atoms with van der Waals surface area (Å²) in [7, 11) is 0. The Bertz CT molecular complexity index is 256. The molecule has 1 saturated carbocycles. The van der Waals surface area contributed by atoms with Crippen molar-refractivity contribution < 1.29 is 9.47 Å². The van der Waals surface area contributed by atoms with Crippen molar-refractivity contribution in [2.45, 2.75) is 56.9 Å². The third kappa shape index (κ3) is 2.57. The minimum absolute atomic E-state index is 0.212. The fourth-order valence-corrected chi connectivity index (χ4v) is 2.58. The van der Waals surface area contributed by atoms with Gasteiger partial charge in [0.1, 0.15) is 0 Å².